The van der Waals surface area contributed by atoms with Gasteiger partial charge in [-0.15, -0.1) is 0 Å². The number of alkyl halides is 1. The number of allylic oxidation sites excluding steroid dienone is 1. The van der Waals surface area contributed by atoms with E-state index in [1.165, 1.54) is 23.1 Å². The molecule has 3 aliphatic heterocycles. The Labute approximate surface area is 272 Å². The van der Waals surface area contributed by atoms with Gasteiger partial charge in [-0.3, -0.25) is 14.7 Å². The van der Waals surface area contributed by atoms with E-state index in [9.17, 15) is 10.1 Å². The zero-order chi connectivity index (χ0) is 32.8. The van der Waals surface area contributed by atoms with E-state index in [-0.39, 0.29) is 30.8 Å². The Balaban J connectivity index is 1.05. The van der Waals surface area contributed by atoms with Crippen molar-refractivity contribution in [2.24, 2.45) is 10.7 Å². The van der Waals surface area contributed by atoms with Gasteiger partial charge in [0.2, 0.25) is 5.95 Å². The Morgan fingerprint density at radius 1 is 1.15 bits per heavy atom. The molecule has 3 aliphatic rings. The SMILES string of the molecule is CC(=C/N)/N=C/C(=O)N1CC[C@H](Oc2ccc(-c3ncnc(Nc4ccc(N5CCN(C6COC6)CC5)cc4)n3)cc2C#N)[C@H](F)C1. The summed E-state index contributed by atoms with van der Waals surface area (Å²) in [5.74, 6) is 0.578. The minimum absolute atomic E-state index is 0.141. The fourth-order valence-electron chi connectivity index (χ4n) is 5.68. The number of hydrogen-bond acceptors (Lipinski definition) is 12. The first-order chi connectivity index (χ1) is 22.9. The maximum Gasteiger partial charge on any atom is 0.265 e. The molecule has 244 valence electrons. The van der Waals surface area contributed by atoms with Crippen molar-refractivity contribution in [1.82, 2.24) is 24.8 Å². The number of carbonyl (C=O) groups is 1. The molecule has 0 aliphatic carbocycles. The van der Waals surface area contributed by atoms with Crippen LogP contribution in [0.3, 0.4) is 0 Å². The highest BCUT2D eigenvalue weighted by molar-refractivity contribution is 6.26. The third-order valence-corrected chi connectivity index (χ3v) is 8.56. The Kier molecular flexibility index (Phi) is 9.84. The number of halogens is 1. The number of hydrogen-bond donors (Lipinski definition) is 2. The molecule has 14 heteroatoms. The molecule has 3 aromatic rings. The first kappa shape index (κ1) is 31.8. The Bertz CT molecular complexity index is 1670. The molecule has 2 aromatic carbocycles. The molecule has 6 rings (SSSR count). The van der Waals surface area contributed by atoms with E-state index in [2.05, 4.69) is 53.3 Å². The molecule has 2 atom stereocenters. The van der Waals surface area contributed by atoms with Crippen molar-refractivity contribution in [2.45, 2.75) is 31.7 Å². The molecule has 0 radical (unpaired) electrons. The van der Waals surface area contributed by atoms with Gasteiger partial charge >= 0.3 is 0 Å². The number of nitrogens with one attached hydrogen (secondary N) is 1. The number of anilines is 3. The van der Waals surface area contributed by atoms with Crippen LogP contribution in [0.4, 0.5) is 21.7 Å². The number of aliphatic imine (C=N–C) groups is 1. The summed E-state index contributed by atoms with van der Waals surface area (Å²) in [6.45, 7) is 7.52. The largest absolute Gasteiger partial charge is 0.486 e. The van der Waals surface area contributed by atoms with Gasteiger partial charge < -0.3 is 30.3 Å². The van der Waals surface area contributed by atoms with Crippen molar-refractivity contribution in [1.29, 1.82) is 5.26 Å². The second kappa shape index (κ2) is 14.5. The summed E-state index contributed by atoms with van der Waals surface area (Å²) in [5, 5.41) is 13.1. The molecule has 3 N–H and O–H groups in total. The highest BCUT2D eigenvalue weighted by Gasteiger charge is 2.33. The number of benzene rings is 2. The Morgan fingerprint density at radius 2 is 1.94 bits per heavy atom. The molecule has 1 aromatic heterocycles. The summed E-state index contributed by atoms with van der Waals surface area (Å²) in [5.41, 5.74) is 8.66. The van der Waals surface area contributed by atoms with Gasteiger partial charge in [0.1, 0.15) is 24.3 Å². The van der Waals surface area contributed by atoms with Crippen LogP contribution in [0.2, 0.25) is 0 Å². The van der Waals surface area contributed by atoms with Crippen LogP contribution in [0.15, 0.2) is 65.7 Å². The van der Waals surface area contributed by atoms with E-state index in [1.54, 1.807) is 25.1 Å². The summed E-state index contributed by atoms with van der Waals surface area (Å²) in [6.07, 6.45) is 1.82. The van der Waals surface area contributed by atoms with Gasteiger partial charge in [0.05, 0.1) is 43.3 Å². The average Bonchev–Trinajstić information content (AvgIpc) is 3.08. The number of piperidine rings is 1. The van der Waals surface area contributed by atoms with E-state index in [0.717, 1.165) is 51.3 Å². The van der Waals surface area contributed by atoms with Crippen LogP contribution >= 0.6 is 0 Å². The molecular formula is C33H37FN10O3. The molecular weight excluding hydrogens is 603 g/mol. The van der Waals surface area contributed by atoms with Gasteiger partial charge in [-0.25, -0.2) is 14.4 Å². The van der Waals surface area contributed by atoms with Gasteiger partial charge in [0.15, 0.2) is 12.0 Å². The number of likely N-dealkylation sites (tertiary alicyclic amines) is 1. The molecule has 47 heavy (non-hydrogen) atoms. The van der Waals surface area contributed by atoms with Crippen LogP contribution in [0.25, 0.3) is 11.4 Å². The normalized spacial score (nSPS) is 20.9. The zero-order valence-electron chi connectivity index (χ0n) is 26.1. The number of nitrogens with two attached hydrogens (primary N) is 1. The van der Waals surface area contributed by atoms with Gasteiger partial charge in [-0.1, -0.05) is 0 Å². The summed E-state index contributed by atoms with van der Waals surface area (Å²) in [6, 6.07) is 15.8. The second-order valence-corrected chi connectivity index (χ2v) is 11.7. The fraction of sp³-hybridized carbons (Fsp3) is 0.394. The fourth-order valence-corrected chi connectivity index (χ4v) is 5.68. The minimum atomic E-state index is -1.44. The van der Waals surface area contributed by atoms with Crippen LogP contribution < -0.4 is 20.7 Å². The zero-order valence-corrected chi connectivity index (χ0v) is 26.1. The molecule has 0 spiro atoms. The van der Waals surface area contributed by atoms with E-state index >= 15 is 4.39 Å². The lowest BCUT2D eigenvalue weighted by molar-refractivity contribution is -0.127. The minimum Gasteiger partial charge on any atom is -0.486 e. The predicted molar refractivity (Wildman–Crippen MR) is 175 cm³/mol. The maximum absolute atomic E-state index is 15.1. The summed E-state index contributed by atoms with van der Waals surface area (Å²) < 4.78 is 26.3. The molecule has 3 fully saturated rings. The number of ether oxygens (including phenoxy) is 2. The molecule has 1 amide bonds. The number of carbonyl (C=O) groups excluding carboxylic acids is 1. The van der Waals surface area contributed by atoms with Crippen LogP contribution in [0.5, 0.6) is 5.75 Å². The van der Waals surface area contributed by atoms with Crippen molar-refractivity contribution in [3.8, 4) is 23.2 Å². The number of nitriles is 1. The van der Waals surface area contributed by atoms with Crippen LogP contribution in [-0.4, -0.2) is 108 Å². The third kappa shape index (κ3) is 7.65. The molecule has 0 bridgehead atoms. The van der Waals surface area contributed by atoms with Gasteiger partial charge in [0.25, 0.3) is 5.91 Å². The van der Waals surface area contributed by atoms with Crippen molar-refractivity contribution in [3.05, 3.63) is 66.3 Å². The van der Waals surface area contributed by atoms with Crippen molar-refractivity contribution in [2.75, 3.05) is 62.7 Å². The number of piperazine rings is 1. The quantitative estimate of drug-likeness (QED) is 0.331. The van der Waals surface area contributed by atoms with Crippen LogP contribution in [0, 0.1) is 11.3 Å². The van der Waals surface area contributed by atoms with Gasteiger partial charge in [-0.2, -0.15) is 10.2 Å². The topological polar surface area (TPSA) is 158 Å². The standard InChI is InChI=1S/C33H37FN10O3/c1-22(15-35)37-17-31(45)44-9-8-30(28(34)18-44)47-29-7-2-23(14-24(29)16-36)32-38-21-39-33(41-32)40-25-3-5-26(6-4-25)42-10-12-43(13-11-42)27-19-46-20-27/h2-7,14-15,17,21,27-28,30H,8-13,18-20,35H2,1H3,(H,38,39,40,41)/b22-15-,37-17+/t28-,30+/m1/s1. The number of amides is 1. The number of nitrogens with zero attached hydrogens (tertiary/aromatic N) is 8. The van der Waals surface area contributed by atoms with Crippen LogP contribution in [-0.2, 0) is 9.53 Å². The van der Waals surface area contributed by atoms with E-state index in [1.807, 2.05) is 12.1 Å². The number of aromatic nitrogens is 3. The van der Waals surface area contributed by atoms with Gasteiger partial charge in [0, 0.05) is 62.3 Å². The number of rotatable bonds is 9. The first-order valence-corrected chi connectivity index (χ1v) is 15.6. The Morgan fingerprint density at radius 3 is 2.62 bits per heavy atom. The molecule has 0 saturated carbocycles. The van der Waals surface area contributed by atoms with Crippen molar-refractivity contribution >= 4 is 29.4 Å². The van der Waals surface area contributed by atoms with E-state index in [0.29, 0.717) is 29.1 Å². The third-order valence-electron chi connectivity index (χ3n) is 8.56. The molecule has 4 heterocycles. The van der Waals surface area contributed by atoms with Crippen molar-refractivity contribution in [3.63, 3.8) is 0 Å². The first-order valence-electron chi connectivity index (χ1n) is 15.6. The smallest absolute Gasteiger partial charge is 0.265 e. The van der Waals surface area contributed by atoms with Crippen LogP contribution in [0.1, 0.15) is 18.9 Å². The average molecular weight is 641 g/mol. The molecule has 13 nitrogen and oxygen atoms in total. The molecule has 0 unspecified atom stereocenters. The van der Waals surface area contributed by atoms with Crippen molar-refractivity contribution < 1.29 is 18.7 Å². The maximum atomic E-state index is 15.1. The monoisotopic (exact) mass is 640 g/mol. The molecule has 3 saturated heterocycles. The summed E-state index contributed by atoms with van der Waals surface area (Å²) in [7, 11) is 0. The second-order valence-electron chi connectivity index (χ2n) is 11.7. The van der Waals surface area contributed by atoms with Gasteiger partial charge in [-0.05, 0) is 49.4 Å². The lowest BCUT2D eigenvalue weighted by atomic mass is 10.0. The summed E-state index contributed by atoms with van der Waals surface area (Å²) in [4.78, 5) is 35.7. The lowest BCUT2D eigenvalue weighted by Crippen LogP contribution is -2.56. The predicted octanol–water partition coefficient (Wildman–Crippen LogP) is 2.88. The Hall–Kier alpha value is -5.13. The lowest BCUT2D eigenvalue weighted by Gasteiger charge is -2.43. The summed E-state index contributed by atoms with van der Waals surface area (Å²) >= 11 is 0. The highest BCUT2D eigenvalue weighted by Crippen LogP contribution is 2.29. The van der Waals surface area contributed by atoms with E-state index < -0.39 is 18.2 Å². The van der Waals surface area contributed by atoms with E-state index in [4.69, 9.17) is 15.2 Å². The highest BCUT2D eigenvalue weighted by atomic mass is 19.1.